The molecular formula is C20H31N7O2. The molecule has 4 heterocycles. The van der Waals surface area contributed by atoms with E-state index in [9.17, 15) is 0 Å². The van der Waals surface area contributed by atoms with Gasteiger partial charge in [0.05, 0.1) is 12.2 Å². The van der Waals surface area contributed by atoms with E-state index in [1.807, 2.05) is 0 Å². The molecular weight excluding hydrogens is 370 g/mol. The lowest BCUT2D eigenvalue weighted by molar-refractivity contribution is -0.0826. The van der Waals surface area contributed by atoms with E-state index in [0.717, 1.165) is 50.7 Å². The van der Waals surface area contributed by atoms with Gasteiger partial charge in [0.25, 0.3) is 0 Å². The Kier molecular flexibility index (Phi) is 5.26. The number of nitrogens with zero attached hydrogens (tertiary/aromatic N) is 6. The summed E-state index contributed by atoms with van der Waals surface area (Å²) in [7, 11) is 0. The Morgan fingerprint density at radius 2 is 1.55 bits per heavy atom. The number of piperidine rings is 1. The molecule has 0 bridgehead atoms. The summed E-state index contributed by atoms with van der Waals surface area (Å²) in [6, 6.07) is 1.07. The number of hydrogen-bond donors (Lipinski definition) is 1. The summed E-state index contributed by atoms with van der Waals surface area (Å²) < 4.78 is 10.8. The molecule has 1 aliphatic carbocycles. The fraction of sp³-hybridized carbons (Fsp3) is 0.800. The molecule has 2 aliphatic heterocycles. The van der Waals surface area contributed by atoms with Crippen LogP contribution >= 0.6 is 0 Å². The van der Waals surface area contributed by atoms with E-state index < -0.39 is 0 Å². The fourth-order valence-corrected chi connectivity index (χ4v) is 5.17. The number of rotatable bonds is 4. The zero-order chi connectivity index (χ0) is 19.8. The van der Waals surface area contributed by atoms with E-state index >= 15 is 0 Å². The van der Waals surface area contributed by atoms with Gasteiger partial charge < -0.3 is 15.0 Å². The van der Waals surface area contributed by atoms with Crippen molar-refractivity contribution >= 4 is 22.9 Å². The second kappa shape index (κ2) is 8.02. The summed E-state index contributed by atoms with van der Waals surface area (Å²) in [5.41, 5.74) is 0.954. The molecule has 3 aliphatic rings. The Morgan fingerprint density at radius 3 is 2.24 bits per heavy atom. The molecule has 1 N–H and O–H groups in total. The van der Waals surface area contributed by atoms with E-state index in [1.165, 1.54) is 25.7 Å². The highest BCUT2D eigenvalue weighted by atomic mass is 16.6. The first-order valence-electron chi connectivity index (χ1n) is 11.1. The largest absolute Gasteiger partial charge is 0.373 e. The van der Waals surface area contributed by atoms with Crippen LogP contribution in [0.25, 0.3) is 11.3 Å². The number of aromatic nitrogens is 4. The van der Waals surface area contributed by atoms with Gasteiger partial charge in [-0.2, -0.15) is 0 Å². The van der Waals surface area contributed by atoms with E-state index in [1.54, 1.807) is 0 Å². The Hall–Kier alpha value is -2.00. The van der Waals surface area contributed by atoms with Crippen LogP contribution in [-0.2, 0) is 4.74 Å². The third kappa shape index (κ3) is 4.02. The topological polar surface area (TPSA) is 92.4 Å². The predicted molar refractivity (Wildman–Crippen MR) is 110 cm³/mol. The van der Waals surface area contributed by atoms with Crippen molar-refractivity contribution < 1.29 is 9.37 Å². The molecule has 5 rings (SSSR count). The monoisotopic (exact) mass is 401 g/mol. The van der Waals surface area contributed by atoms with Crippen LogP contribution in [0, 0.1) is 0 Å². The molecule has 1 saturated carbocycles. The lowest BCUT2D eigenvalue weighted by atomic mass is 10.0. The average Bonchev–Trinajstić information content (AvgIpc) is 3.38. The van der Waals surface area contributed by atoms with Gasteiger partial charge in [-0.25, -0.2) is 14.6 Å². The van der Waals surface area contributed by atoms with Crippen LogP contribution in [0.1, 0.15) is 52.4 Å². The third-order valence-corrected chi connectivity index (χ3v) is 6.52. The summed E-state index contributed by atoms with van der Waals surface area (Å²) in [5.74, 6) is 1.72. The summed E-state index contributed by atoms with van der Waals surface area (Å²) in [6.07, 6.45) is 7.79. The van der Waals surface area contributed by atoms with Crippen molar-refractivity contribution in [3.05, 3.63) is 0 Å². The van der Waals surface area contributed by atoms with Gasteiger partial charge in [-0.05, 0) is 49.8 Å². The van der Waals surface area contributed by atoms with E-state index in [0.29, 0.717) is 35.6 Å². The van der Waals surface area contributed by atoms with Crippen LogP contribution in [-0.4, -0.2) is 75.7 Å². The summed E-state index contributed by atoms with van der Waals surface area (Å²) in [5, 5.41) is 11.4. The Balaban J connectivity index is 1.31. The van der Waals surface area contributed by atoms with Crippen molar-refractivity contribution in [2.45, 2.75) is 76.7 Å². The number of hydrogen-bond acceptors (Lipinski definition) is 9. The molecule has 9 heteroatoms. The maximum atomic E-state index is 5.91. The molecule has 2 aromatic rings. The Labute approximate surface area is 171 Å². The number of ether oxygens (including phenoxy) is 1. The van der Waals surface area contributed by atoms with Crippen LogP contribution in [0.15, 0.2) is 4.63 Å². The zero-order valence-electron chi connectivity index (χ0n) is 17.4. The quantitative estimate of drug-likeness (QED) is 0.829. The third-order valence-electron chi connectivity index (χ3n) is 6.52. The van der Waals surface area contributed by atoms with E-state index in [2.05, 4.69) is 39.3 Å². The number of fused-ring (bicyclic) bond motifs is 1. The van der Waals surface area contributed by atoms with Gasteiger partial charge in [0.15, 0.2) is 11.6 Å². The van der Waals surface area contributed by atoms with Crippen molar-refractivity contribution in [1.29, 1.82) is 0 Å². The van der Waals surface area contributed by atoms with Crippen LogP contribution < -0.4 is 10.2 Å². The van der Waals surface area contributed by atoms with Crippen molar-refractivity contribution in [3.63, 3.8) is 0 Å². The highest BCUT2D eigenvalue weighted by Gasteiger charge is 2.32. The molecule has 2 saturated heterocycles. The molecule has 2 atom stereocenters. The lowest BCUT2D eigenvalue weighted by Crippen LogP contribution is -2.53. The van der Waals surface area contributed by atoms with Crippen molar-refractivity contribution in [2.24, 2.45) is 0 Å². The predicted octanol–water partition coefficient (Wildman–Crippen LogP) is 2.45. The van der Waals surface area contributed by atoms with Gasteiger partial charge in [-0.1, -0.05) is 12.8 Å². The molecule has 158 valence electrons. The fourth-order valence-electron chi connectivity index (χ4n) is 5.17. The number of anilines is 2. The lowest BCUT2D eigenvalue weighted by Gasteiger charge is -2.43. The normalized spacial score (nSPS) is 27.7. The van der Waals surface area contributed by atoms with E-state index in [-0.39, 0.29) is 0 Å². The van der Waals surface area contributed by atoms with E-state index in [4.69, 9.17) is 19.3 Å². The van der Waals surface area contributed by atoms with Gasteiger partial charge in [0.1, 0.15) is 0 Å². The molecule has 0 unspecified atom stereocenters. The number of nitrogens with one attached hydrogen (secondary N) is 1. The first-order valence-corrected chi connectivity index (χ1v) is 11.1. The van der Waals surface area contributed by atoms with Gasteiger partial charge in [0, 0.05) is 38.3 Å². The minimum Gasteiger partial charge on any atom is -0.373 e. The molecule has 9 nitrogen and oxygen atoms in total. The molecule has 2 aromatic heterocycles. The smallest absolute Gasteiger partial charge is 0.245 e. The van der Waals surface area contributed by atoms with Crippen LogP contribution in [0.2, 0.25) is 0 Å². The first kappa shape index (κ1) is 19.0. The second-order valence-electron chi connectivity index (χ2n) is 8.86. The molecule has 0 aromatic carbocycles. The minimum atomic E-state index is 0.312. The first-order chi connectivity index (χ1) is 14.2. The van der Waals surface area contributed by atoms with Crippen LogP contribution in [0.3, 0.4) is 0 Å². The Bertz CT molecular complexity index is 819. The zero-order valence-corrected chi connectivity index (χ0v) is 17.4. The van der Waals surface area contributed by atoms with Crippen molar-refractivity contribution in [1.82, 2.24) is 25.2 Å². The average molecular weight is 402 g/mol. The standard InChI is InChI=1S/C20H31N7O2/c1-13-11-27(12-14(2)28-13)16-7-9-26(10-8-16)20-19(21-15-5-3-4-6-15)22-17-18(23-20)25-29-24-17/h13-16H,3-12H2,1-2H3,(H,21,22,24)/t13-,14+. The Morgan fingerprint density at radius 1 is 0.897 bits per heavy atom. The van der Waals surface area contributed by atoms with Gasteiger partial charge in [-0.15, -0.1) is 0 Å². The molecule has 0 spiro atoms. The molecule has 29 heavy (non-hydrogen) atoms. The molecule has 0 radical (unpaired) electrons. The van der Waals surface area contributed by atoms with Crippen molar-refractivity contribution in [3.8, 4) is 0 Å². The van der Waals surface area contributed by atoms with Gasteiger partial charge >= 0.3 is 0 Å². The van der Waals surface area contributed by atoms with Crippen molar-refractivity contribution in [2.75, 3.05) is 36.4 Å². The summed E-state index contributed by atoms with van der Waals surface area (Å²) in [4.78, 5) is 14.4. The molecule has 3 fully saturated rings. The van der Waals surface area contributed by atoms with Crippen LogP contribution in [0.5, 0.6) is 0 Å². The van der Waals surface area contributed by atoms with Gasteiger partial charge in [-0.3, -0.25) is 4.90 Å². The number of morpholine rings is 1. The van der Waals surface area contributed by atoms with Crippen LogP contribution in [0.4, 0.5) is 11.6 Å². The highest BCUT2D eigenvalue weighted by molar-refractivity contribution is 5.74. The minimum absolute atomic E-state index is 0.312. The maximum Gasteiger partial charge on any atom is 0.245 e. The van der Waals surface area contributed by atoms with Gasteiger partial charge in [0.2, 0.25) is 11.3 Å². The SMILES string of the molecule is C[C@@H]1CN(C2CCN(c3nc4nonc4nc3NC3CCCC3)CC2)C[C@H](C)O1. The highest BCUT2D eigenvalue weighted by Crippen LogP contribution is 2.31. The molecule has 0 amide bonds. The second-order valence-corrected chi connectivity index (χ2v) is 8.86. The summed E-state index contributed by atoms with van der Waals surface area (Å²) in [6.45, 7) is 8.34. The maximum absolute atomic E-state index is 5.91. The summed E-state index contributed by atoms with van der Waals surface area (Å²) >= 11 is 0.